The second-order valence-electron chi connectivity index (χ2n) is 3.87. The fourth-order valence-corrected chi connectivity index (χ4v) is 1.41. The zero-order valence-electron chi connectivity index (χ0n) is 10.2. The van der Waals surface area contributed by atoms with Crippen molar-refractivity contribution < 1.29 is 27.3 Å². The van der Waals surface area contributed by atoms with E-state index in [1.54, 1.807) is 0 Å². The summed E-state index contributed by atoms with van der Waals surface area (Å²) >= 11 is 0. The number of rotatable bonds is 3. The fourth-order valence-electron chi connectivity index (χ4n) is 1.41. The highest BCUT2D eigenvalue weighted by Crippen LogP contribution is 2.30. The van der Waals surface area contributed by atoms with Gasteiger partial charge in [0.25, 0.3) is 0 Å². The third-order valence-electron chi connectivity index (χ3n) is 2.42. The molecule has 1 N–H and O–H groups in total. The van der Waals surface area contributed by atoms with Crippen molar-refractivity contribution in [2.45, 2.75) is 13.1 Å². The van der Waals surface area contributed by atoms with Crippen molar-refractivity contribution in [1.29, 1.82) is 0 Å². The number of hydrogen-bond acceptors (Lipinski definition) is 5. The van der Waals surface area contributed by atoms with E-state index in [-0.39, 0.29) is 17.0 Å². The van der Waals surface area contributed by atoms with E-state index in [2.05, 4.69) is 20.0 Å². The summed E-state index contributed by atoms with van der Waals surface area (Å²) in [5.74, 6) is -0.554. The number of alkyl halides is 3. The Labute approximate surface area is 111 Å². The first-order valence-corrected chi connectivity index (χ1v) is 5.43. The summed E-state index contributed by atoms with van der Waals surface area (Å²) < 4.78 is 42.1. The standard InChI is InChI=1S/C12H9F3N2O3/c1-7-10(6-16-19-7)11(18)20-17-9-4-2-3-8(5-9)12(13,14)15/h2-6,17H,1H3. The van der Waals surface area contributed by atoms with E-state index >= 15 is 0 Å². The minimum Gasteiger partial charge on any atom is -0.361 e. The number of hydrogen-bond donors (Lipinski definition) is 1. The molecule has 20 heavy (non-hydrogen) atoms. The highest BCUT2D eigenvalue weighted by atomic mass is 19.4. The molecule has 0 saturated carbocycles. The first kappa shape index (κ1) is 13.9. The molecule has 0 spiro atoms. The summed E-state index contributed by atoms with van der Waals surface area (Å²) in [6, 6.07) is 4.28. The number of nitrogens with one attached hydrogen (secondary N) is 1. The first-order chi connectivity index (χ1) is 9.38. The monoisotopic (exact) mass is 286 g/mol. The molecule has 8 heteroatoms. The Morgan fingerprint density at radius 2 is 2.15 bits per heavy atom. The van der Waals surface area contributed by atoms with Crippen molar-refractivity contribution in [3.63, 3.8) is 0 Å². The van der Waals surface area contributed by atoms with E-state index in [1.807, 2.05) is 0 Å². The molecule has 2 aromatic rings. The molecule has 1 aromatic heterocycles. The molecule has 0 atom stereocenters. The van der Waals surface area contributed by atoms with Gasteiger partial charge in [-0.25, -0.2) is 10.3 Å². The molecule has 1 aromatic carbocycles. The molecule has 1 heterocycles. The van der Waals surface area contributed by atoms with Crippen LogP contribution in [-0.4, -0.2) is 11.1 Å². The Morgan fingerprint density at radius 1 is 1.40 bits per heavy atom. The maximum atomic E-state index is 12.5. The van der Waals surface area contributed by atoms with Crippen molar-refractivity contribution in [3.05, 3.63) is 47.3 Å². The fraction of sp³-hybridized carbons (Fsp3) is 0.167. The molecule has 0 bridgehead atoms. The van der Waals surface area contributed by atoms with Crippen LogP contribution in [0.3, 0.4) is 0 Å². The van der Waals surface area contributed by atoms with Crippen LogP contribution in [0.15, 0.2) is 35.0 Å². The SMILES string of the molecule is Cc1oncc1C(=O)ONc1cccc(C(F)(F)F)c1. The van der Waals surface area contributed by atoms with Gasteiger partial charge in [-0.1, -0.05) is 11.2 Å². The average molecular weight is 286 g/mol. The third kappa shape index (κ3) is 3.08. The summed E-state index contributed by atoms with van der Waals surface area (Å²) in [7, 11) is 0. The predicted octanol–water partition coefficient (Wildman–Crippen LogP) is 3.19. The Kier molecular flexibility index (Phi) is 3.64. The summed E-state index contributed by atoms with van der Waals surface area (Å²) in [4.78, 5) is 16.2. The predicted molar refractivity (Wildman–Crippen MR) is 61.7 cm³/mol. The molecule has 0 saturated heterocycles. The van der Waals surface area contributed by atoms with Crippen molar-refractivity contribution in [2.24, 2.45) is 0 Å². The van der Waals surface area contributed by atoms with Gasteiger partial charge in [0.15, 0.2) is 0 Å². The van der Waals surface area contributed by atoms with Crippen LogP contribution >= 0.6 is 0 Å². The molecule has 5 nitrogen and oxygen atoms in total. The van der Waals surface area contributed by atoms with Gasteiger partial charge in [-0.05, 0) is 25.1 Å². The zero-order chi connectivity index (χ0) is 14.8. The smallest absolute Gasteiger partial charge is 0.361 e. The number of carbonyl (C=O) groups is 1. The van der Waals surface area contributed by atoms with Crippen LogP contribution in [0, 0.1) is 6.92 Å². The number of anilines is 1. The van der Waals surface area contributed by atoms with Gasteiger partial charge in [0, 0.05) is 0 Å². The number of benzene rings is 1. The Bertz CT molecular complexity index is 622. The summed E-state index contributed by atoms with van der Waals surface area (Å²) in [5, 5.41) is 3.39. The average Bonchev–Trinajstić information content (AvgIpc) is 2.82. The molecule has 0 amide bonds. The van der Waals surface area contributed by atoms with Crippen LogP contribution in [-0.2, 0) is 11.0 Å². The maximum absolute atomic E-state index is 12.5. The molecule has 0 radical (unpaired) electrons. The number of halogens is 3. The molecule has 106 valence electrons. The molecule has 0 aliphatic heterocycles. The lowest BCUT2D eigenvalue weighted by Crippen LogP contribution is -2.12. The molecule has 2 rings (SSSR count). The third-order valence-corrected chi connectivity index (χ3v) is 2.42. The van der Waals surface area contributed by atoms with Crippen LogP contribution in [0.25, 0.3) is 0 Å². The maximum Gasteiger partial charge on any atom is 0.416 e. The van der Waals surface area contributed by atoms with Crippen molar-refractivity contribution >= 4 is 11.7 Å². The summed E-state index contributed by atoms with van der Waals surface area (Å²) in [5.41, 5.74) is 1.40. The minimum absolute atomic E-state index is 0.00211. The molecule has 0 aliphatic rings. The molecular formula is C12H9F3N2O3. The van der Waals surface area contributed by atoms with Crippen LogP contribution in [0.4, 0.5) is 18.9 Å². The normalized spacial score (nSPS) is 11.2. The van der Waals surface area contributed by atoms with Gasteiger partial charge in [-0.15, -0.1) is 0 Å². The van der Waals surface area contributed by atoms with Crippen LogP contribution < -0.4 is 5.48 Å². The van der Waals surface area contributed by atoms with Gasteiger partial charge >= 0.3 is 12.1 Å². The van der Waals surface area contributed by atoms with Crippen LogP contribution in [0.1, 0.15) is 21.7 Å². The first-order valence-electron chi connectivity index (χ1n) is 5.43. The number of aryl methyl sites for hydroxylation is 1. The molecule has 0 fully saturated rings. The lowest BCUT2D eigenvalue weighted by Gasteiger charge is -2.10. The van der Waals surface area contributed by atoms with Gasteiger partial charge in [0.2, 0.25) is 0 Å². The lowest BCUT2D eigenvalue weighted by atomic mass is 10.2. The zero-order valence-corrected chi connectivity index (χ0v) is 10.2. The van der Waals surface area contributed by atoms with Gasteiger partial charge in [0.05, 0.1) is 17.4 Å². The van der Waals surface area contributed by atoms with Gasteiger partial charge in [-0.2, -0.15) is 13.2 Å². The Hall–Kier alpha value is -2.51. The largest absolute Gasteiger partial charge is 0.416 e. The summed E-state index contributed by atoms with van der Waals surface area (Å²) in [6.45, 7) is 1.51. The Morgan fingerprint density at radius 3 is 2.75 bits per heavy atom. The van der Waals surface area contributed by atoms with Crippen LogP contribution in [0.5, 0.6) is 0 Å². The van der Waals surface area contributed by atoms with E-state index in [1.165, 1.54) is 19.1 Å². The number of carbonyl (C=O) groups excluding carboxylic acids is 1. The molecule has 0 unspecified atom stereocenters. The van der Waals surface area contributed by atoms with E-state index in [0.29, 0.717) is 0 Å². The van der Waals surface area contributed by atoms with Gasteiger partial charge < -0.3 is 9.36 Å². The van der Waals surface area contributed by atoms with E-state index in [9.17, 15) is 18.0 Å². The van der Waals surface area contributed by atoms with Gasteiger partial charge in [0.1, 0.15) is 11.3 Å². The number of aromatic nitrogens is 1. The topological polar surface area (TPSA) is 64.4 Å². The molecular weight excluding hydrogens is 277 g/mol. The Balaban J connectivity index is 2.05. The number of nitrogens with zero attached hydrogens (tertiary/aromatic N) is 1. The van der Waals surface area contributed by atoms with Crippen LogP contribution in [0.2, 0.25) is 0 Å². The quantitative estimate of drug-likeness (QED) is 0.878. The highest BCUT2D eigenvalue weighted by molar-refractivity contribution is 5.90. The van der Waals surface area contributed by atoms with Gasteiger partial charge in [-0.3, -0.25) is 0 Å². The lowest BCUT2D eigenvalue weighted by molar-refractivity contribution is -0.137. The minimum atomic E-state index is -4.47. The second kappa shape index (κ2) is 5.24. The second-order valence-corrected chi connectivity index (χ2v) is 3.87. The van der Waals surface area contributed by atoms with E-state index < -0.39 is 17.7 Å². The van der Waals surface area contributed by atoms with E-state index in [0.717, 1.165) is 18.3 Å². The van der Waals surface area contributed by atoms with Crippen molar-refractivity contribution in [2.75, 3.05) is 5.48 Å². The highest BCUT2D eigenvalue weighted by Gasteiger charge is 2.30. The van der Waals surface area contributed by atoms with Crippen molar-refractivity contribution in [1.82, 2.24) is 5.16 Å². The van der Waals surface area contributed by atoms with Crippen molar-refractivity contribution in [3.8, 4) is 0 Å². The summed E-state index contributed by atoms with van der Waals surface area (Å²) in [6.07, 6.45) is -3.31. The molecule has 0 aliphatic carbocycles. The van der Waals surface area contributed by atoms with E-state index in [4.69, 9.17) is 0 Å².